The monoisotopic (exact) mass is 348 g/mol. The highest BCUT2D eigenvalue weighted by molar-refractivity contribution is 5.82. The Labute approximate surface area is 158 Å². The van der Waals surface area contributed by atoms with Gasteiger partial charge in [0.25, 0.3) is 0 Å². The van der Waals surface area contributed by atoms with Gasteiger partial charge in [0.05, 0.1) is 0 Å². The van der Waals surface area contributed by atoms with Crippen LogP contribution in [0.3, 0.4) is 0 Å². The van der Waals surface area contributed by atoms with Crippen LogP contribution in [0.1, 0.15) is 85.6 Å². The van der Waals surface area contributed by atoms with E-state index in [1.165, 1.54) is 47.1 Å². The Morgan fingerprint density at radius 2 is 1.88 bits per heavy atom. The predicted molar refractivity (Wildman–Crippen MR) is 112 cm³/mol. The highest BCUT2D eigenvalue weighted by Crippen LogP contribution is 2.40. The van der Waals surface area contributed by atoms with Gasteiger partial charge in [0.15, 0.2) is 0 Å². The number of benzene rings is 1. The van der Waals surface area contributed by atoms with Crippen LogP contribution in [0, 0.1) is 20.8 Å². The first-order valence-electron chi connectivity index (χ1n) is 10.1. The van der Waals surface area contributed by atoms with Gasteiger partial charge in [-0.25, -0.2) is 0 Å². The molecule has 0 amide bonds. The molecule has 0 aliphatic heterocycles. The Hall–Kier alpha value is -2.02. The number of hydrogen-bond donors (Lipinski definition) is 0. The Morgan fingerprint density at radius 3 is 2.46 bits per heavy atom. The molecule has 0 N–H and O–H groups in total. The molecule has 138 valence electrons. The SMILES string of the molecule is CCC/C=C(/C=C(/C)c1cc(C2CCC2)c(C)cc1C)c1ccc(C)o1. The third kappa shape index (κ3) is 4.03. The second-order valence-corrected chi connectivity index (χ2v) is 7.84. The van der Waals surface area contributed by atoms with E-state index in [4.69, 9.17) is 4.42 Å². The van der Waals surface area contributed by atoms with Crippen molar-refractivity contribution in [1.29, 1.82) is 0 Å². The van der Waals surface area contributed by atoms with Gasteiger partial charge in [-0.1, -0.05) is 38.0 Å². The zero-order chi connectivity index (χ0) is 18.7. The fraction of sp³-hybridized carbons (Fsp3) is 0.440. The number of unbranched alkanes of at least 4 members (excludes halogenated alkanes) is 1. The minimum Gasteiger partial charge on any atom is -0.461 e. The lowest BCUT2D eigenvalue weighted by atomic mass is 9.77. The Kier molecular flexibility index (Phi) is 5.86. The molecular weight excluding hydrogens is 316 g/mol. The first-order valence-corrected chi connectivity index (χ1v) is 10.1. The third-order valence-electron chi connectivity index (χ3n) is 5.63. The smallest absolute Gasteiger partial charge is 0.133 e. The second-order valence-electron chi connectivity index (χ2n) is 7.84. The van der Waals surface area contributed by atoms with Crippen LogP contribution in [0.25, 0.3) is 11.1 Å². The first-order chi connectivity index (χ1) is 12.5. The van der Waals surface area contributed by atoms with Crippen molar-refractivity contribution in [3.63, 3.8) is 0 Å². The summed E-state index contributed by atoms with van der Waals surface area (Å²) >= 11 is 0. The van der Waals surface area contributed by atoms with Crippen molar-refractivity contribution in [2.24, 2.45) is 0 Å². The van der Waals surface area contributed by atoms with Crippen LogP contribution in [0.2, 0.25) is 0 Å². The van der Waals surface area contributed by atoms with Gasteiger partial charge in [-0.3, -0.25) is 0 Å². The molecule has 3 rings (SSSR count). The number of hydrogen-bond acceptors (Lipinski definition) is 1. The molecule has 1 aromatic carbocycles. The van der Waals surface area contributed by atoms with Gasteiger partial charge < -0.3 is 4.42 Å². The Balaban J connectivity index is 1.98. The van der Waals surface area contributed by atoms with Gasteiger partial charge in [-0.2, -0.15) is 0 Å². The van der Waals surface area contributed by atoms with Gasteiger partial charge in [0.2, 0.25) is 0 Å². The van der Waals surface area contributed by atoms with E-state index in [2.05, 4.69) is 58.0 Å². The zero-order valence-corrected chi connectivity index (χ0v) is 17.0. The summed E-state index contributed by atoms with van der Waals surface area (Å²) in [6, 6.07) is 8.95. The molecule has 1 aromatic heterocycles. The highest BCUT2D eigenvalue weighted by Gasteiger charge is 2.22. The van der Waals surface area contributed by atoms with Crippen molar-refractivity contribution in [1.82, 2.24) is 0 Å². The van der Waals surface area contributed by atoms with E-state index < -0.39 is 0 Å². The van der Waals surface area contributed by atoms with Crippen molar-refractivity contribution in [3.05, 3.63) is 70.2 Å². The van der Waals surface area contributed by atoms with Crippen LogP contribution in [0.5, 0.6) is 0 Å². The average molecular weight is 349 g/mol. The van der Waals surface area contributed by atoms with E-state index in [0.29, 0.717) is 0 Å². The summed E-state index contributed by atoms with van der Waals surface area (Å²) in [6.45, 7) is 11.0. The molecule has 1 nitrogen and oxygen atoms in total. The number of rotatable bonds is 6. The lowest BCUT2D eigenvalue weighted by Gasteiger charge is -2.28. The molecule has 1 heteroatoms. The zero-order valence-electron chi connectivity index (χ0n) is 17.0. The average Bonchev–Trinajstić information content (AvgIpc) is 2.98. The Bertz CT molecular complexity index is 828. The third-order valence-corrected chi connectivity index (χ3v) is 5.63. The van der Waals surface area contributed by atoms with Crippen molar-refractivity contribution in [2.75, 3.05) is 0 Å². The lowest BCUT2D eigenvalue weighted by Crippen LogP contribution is -2.11. The molecule has 26 heavy (non-hydrogen) atoms. The van der Waals surface area contributed by atoms with Crippen molar-refractivity contribution in [2.45, 2.75) is 72.6 Å². The number of furan rings is 1. The number of aryl methyl sites for hydroxylation is 3. The van der Waals surface area contributed by atoms with Crippen LogP contribution in [0.4, 0.5) is 0 Å². The normalized spacial score (nSPS) is 16.0. The largest absolute Gasteiger partial charge is 0.461 e. The van der Waals surface area contributed by atoms with E-state index in [1.807, 2.05) is 13.0 Å². The van der Waals surface area contributed by atoms with E-state index in [-0.39, 0.29) is 0 Å². The summed E-state index contributed by atoms with van der Waals surface area (Å²) in [7, 11) is 0. The molecule has 0 unspecified atom stereocenters. The molecule has 1 aliphatic rings. The maximum absolute atomic E-state index is 5.90. The minimum absolute atomic E-state index is 0.768. The molecule has 0 spiro atoms. The van der Waals surface area contributed by atoms with Gasteiger partial charge >= 0.3 is 0 Å². The summed E-state index contributed by atoms with van der Waals surface area (Å²) in [4.78, 5) is 0. The van der Waals surface area contributed by atoms with Gasteiger partial charge in [-0.05, 0) is 98.9 Å². The molecule has 2 aromatic rings. The quantitative estimate of drug-likeness (QED) is 0.486. The van der Waals surface area contributed by atoms with E-state index in [0.717, 1.165) is 30.3 Å². The van der Waals surface area contributed by atoms with Crippen molar-refractivity contribution >= 4 is 11.1 Å². The van der Waals surface area contributed by atoms with Crippen LogP contribution in [-0.2, 0) is 0 Å². The summed E-state index contributed by atoms with van der Waals surface area (Å²) in [5.74, 6) is 2.71. The molecule has 0 radical (unpaired) electrons. The van der Waals surface area contributed by atoms with Gasteiger partial charge in [-0.15, -0.1) is 0 Å². The van der Waals surface area contributed by atoms with E-state index in [9.17, 15) is 0 Å². The van der Waals surface area contributed by atoms with Crippen LogP contribution < -0.4 is 0 Å². The summed E-state index contributed by atoms with van der Waals surface area (Å²) in [5, 5.41) is 0. The van der Waals surface area contributed by atoms with Gasteiger partial charge in [0.1, 0.15) is 11.5 Å². The van der Waals surface area contributed by atoms with Crippen LogP contribution in [0.15, 0.2) is 40.8 Å². The standard InChI is InChI=1S/C25H32O/c1-6-7-9-22(25-13-12-20(5)26-25)15-19(4)23-16-24(21-10-8-11-21)18(3)14-17(23)2/h9,12-16,21H,6-8,10-11H2,1-5H3/b19-15-,22-9-. The molecule has 0 atom stereocenters. The van der Waals surface area contributed by atoms with E-state index >= 15 is 0 Å². The summed E-state index contributed by atoms with van der Waals surface area (Å²) < 4.78 is 5.90. The molecule has 0 bridgehead atoms. The molecular formula is C25H32O. The summed E-state index contributed by atoms with van der Waals surface area (Å²) in [6.07, 6.45) is 10.9. The van der Waals surface area contributed by atoms with Crippen molar-refractivity contribution in [3.8, 4) is 0 Å². The summed E-state index contributed by atoms with van der Waals surface area (Å²) in [5.41, 5.74) is 8.26. The maximum Gasteiger partial charge on any atom is 0.133 e. The molecule has 0 saturated heterocycles. The minimum atomic E-state index is 0.768. The first kappa shape index (κ1) is 18.8. The lowest BCUT2D eigenvalue weighted by molar-refractivity contribution is 0.418. The fourth-order valence-electron chi connectivity index (χ4n) is 3.88. The van der Waals surface area contributed by atoms with Crippen LogP contribution in [-0.4, -0.2) is 0 Å². The molecule has 1 fully saturated rings. The van der Waals surface area contributed by atoms with Gasteiger partial charge in [0, 0.05) is 5.57 Å². The number of allylic oxidation sites excluding steroid dienone is 4. The Morgan fingerprint density at radius 1 is 1.12 bits per heavy atom. The fourth-order valence-corrected chi connectivity index (χ4v) is 3.88. The topological polar surface area (TPSA) is 13.1 Å². The highest BCUT2D eigenvalue weighted by atomic mass is 16.3. The molecule has 1 aliphatic carbocycles. The van der Waals surface area contributed by atoms with Crippen molar-refractivity contribution < 1.29 is 4.42 Å². The van der Waals surface area contributed by atoms with E-state index in [1.54, 1.807) is 5.56 Å². The maximum atomic E-state index is 5.90. The second kappa shape index (κ2) is 8.12. The predicted octanol–water partition coefficient (Wildman–Crippen LogP) is 7.76. The molecule has 1 heterocycles. The molecule has 1 saturated carbocycles. The van der Waals surface area contributed by atoms with Crippen LogP contribution >= 0.6 is 0 Å².